The second-order valence-electron chi connectivity index (χ2n) is 5.68. The van der Waals surface area contributed by atoms with Crippen molar-refractivity contribution in [3.8, 4) is 0 Å². The topological polar surface area (TPSA) is 20.2 Å². The Labute approximate surface area is 87.2 Å². The van der Waals surface area contributed by atoms with Gasteiger partial charge in [0, 0.05) is 0 Å². The summed E-state index contributed by atoms with van der Waals surface area (Å²) in [4.78, 5) is 0. The molecule has 14 heavy (non-hydrogen) atoms. The highest BCUT2D eigenvalue weighted by Gasteiger charge is 2.61. The van der Waals surface area contributed by atoms with E-state index >= 15 is 0 Å². The quantitative estimate of drug-likeness (QED) is 0.684. The molecule has 1 nitrogen and oxygen atoms in total. The van der Waals surface area contributed by atoms with E-state index < -0.39 is 5.60 Å². The lowest BCUT2D eigenvalue weighted by Crippen LogP contribution is -2.49. The summed E-state index contributed by atoms with van der Waals surface area (Å²) in [6.07, 6.45) is 7.60. The van der Waals surface area contributed by atoms with Gasteiger partial charge in [-0.05, 0) is 49.4 Å². The van der Waals surface area contributed by atoms with Crippen LogP contribution < -0.4 is 0 Å². The maximum atomic E-state index is 10.8. The van der Waals surface area contributed by atoms with E-state index in [1.807, 2.05) is 6.08 Å². The van der Waals surface area contributed by atoms with Crippen LogP contribution in [0.5, 0.6) is 0 Å². The molecular weight excluding hydrogens is 172 g/mol. The molecule has 0 heterocycles. The Morgan fingerprint density at radius 1 is 1.36 bits per heavy atom. The van der Waals surface area contributed by atoms with E-state index in [0.29, 0.717) is 5.92 Å². The molecule has 3 unspecified atom stereocenters. The van der Waals surface area contributed by atoms with Gasteiger partial charge in [0.05, 0.1) is 5.60 Å². The third-order valence-corrected chi connectivity index (χ3v) is 4.97. The lowest BCUT2D eigenvalue weighted by molar-refractivity contribution is -0.110. The molecule has 0 spiro atoms. The molecule has 0 aromatic rings. The predicted octanol–water partition coefficient (Wildman–Crippen LogP) is 3.14. The molecule has 2 rings (SSSR count). The van der Waals surface area contributed by atoms with Crippen LogP contribution in [-0.2, 0) is 0 Å². The van der Waals surface area contributed by atoms with E-state index in [2.05, 4.69) is 20.4 Å². The number of aliphatic hydroxyl groups is 1. The highest BCUT2D eigenvalue weighted by atomic mass is 16.3. The Bertz CT molecular complexity index is 244. The minimum atomic E-state index is -0.413. The van der Waals surface area contributed by atoms with Gasteiger partial charge in [0.15, 0.2) is 0 Å². The van der Waals surface area contributed by atoms with Crippen molar-refractivity contribution < 1.29 is 5.11 Å². The number of hydrogen-bond acceptors (Lipinski definition) is 1. The maximum Gasteiger partial charge on any atom is 0.0732 e. The minimum Gasteiger partial charge on any atom is -0.389 e. The largest absolute Gasteiger partial charge is 0.389 e. The number of allylic oxidation sites excluding steroid dienone is 1. The molecule has 2 aliphatic rings. The zero-order valence-electron chi connectivity index (χ0n) is 9.42. The zero-order chi connectivity index (χ0) is 10.4. The first-order valence-corrected chi connectivity index (χ1v) is 5.85. The van der Waals surface area contributed by atoms with Crippen molar-refractivity contribution in [2.45, 2.75) is 51.6 Å². The van der Waals surface area contributed by atoms with E-state index in [1.54, 1.807) is 0 Å². The Balaban J connectivity index is 2.20. The molecule has 2 bridgehead atoms. The molecule has 0 radical (unpaired) electrons. The van der Waals surface area contributed by atoms with Gasteiger partial charge in [-0.25, -0.2) is 0 Å². The van der Waals surface area contributed by atoms with Gasteiger partial charge in [-0.1, -0.05) is 19.9 Å². The van der Waals surface area contributed by atoms with Crippen molar-refractivity contribution in [1.29, 1.82) is 0 Å². The number of hydrogen-bond donors (Lipinski definition) is 1. The van der Waals surface area contributed by atoms with Crippen LogP contribution in [0.2, 0.25) is 0 Å². The fourth-order valence-corrected chi connectivity index (χ4v) is 3.80. The molecule has 1 heteroatoms. The summed E-state index contributed by atoms with van der Waals surface area (Å²) < 4.78 is 0. The van der Waals surface area contributed by atoms with Gasteiger partial charge in [0.25, 0.3) is 0 Å². The van der Waals surface area contributed by atoms with E-state index in [4.69, 9.17) is 0 Å². The second kappa shape index (κ2) is 3.10. The van der Waals surface area contributed by atoms with Gasteiger partial charge in [0.1, 0.15) is 0 Å². The Morgan fingerprint density at radius 2 is 2.00 bits per heavy atom. The van der Waals surface area contributed by atoms with E-state index in [-0.39, 0.29) is 5.41 Å². The highest BCUT2D eigenvalue weighted by molar-refractivity contribution is 5.12. The minimum absolute atomic E-state index is 0.124. The van der Waals surface area contributed by atoms with Crippen molar-refractivity contribution in [3.05, 3.63) is 12.7 Å². The molecular formula is C13H22O. The van der Waals surface area contributed by atoms with Gasteiger partial charge in [-0.2, -0.15) is 0 Å². The van der Waals surface area contributed by atoms with Crippen molar-refractivity contribution >= 4 is 0 Å². The molecule has 2 saturated carbocycles. The first-order chi connectivity index (χ1) is 6.52. The Hall–Kier alpha value is -0.300. The van der Waals surface area contributed by atoms with E-state index in [0.717, 1.165) is 18.8 Å². The van der Waals surface area contributed by atoms with Gasteiger partial charge in [-0.15, -0.1) is 6.58 Å². The molecule has 0 aliphatic heterocycles. The first-order valence-electron chi connectivity index (χ1n) is 5.85. The lowest BCUT2D eigenvalue weighted by Gasteiger charge is -2.46. The molecule has 3 atom stereocenters. The van der Waals surface area contributed by atoms with Crippen molar-refractivity contribution in [2.24, 2.45) is 17.3 Å². The van der Waals surface area contributed by atoms with Crippen LogP contribution in [0.15, 0.2) is 12.7 Å². The highest BCUT2D eigenvalue weighted by Crippen LogP contribution is 2.62. The maximum absolute atomic E-state index is 10.8. The van der Waals surface area contributed by atoms with Crippen LogP contribution in [-0.4, -0.2) is 10.7 Å². The third-order valence-electron chi connectivity index (χ3n) is 4.97. The lowest BCUT2D eigenvalue weighted by atomic mass is 9.64. The van der Waals surface area contributed by atoms with Gasteiger partial charge < -0.3 is 5.11 Å². The zero-order valence-corrected chi connectivity index (χ0v) is 9.42. The monoisotopic (exact) mass is 194 g/mol. The van der Waals surface area contributed by atoms with Crippen molar-refractivity contribution in [2.75, 3.05) is 0 Å². The number of fused-ring (bicyclic) bond motifs is 2. The Morgan fingerprint density at radius 3 is 2.50 bits per heavy atom. The predicted molar refractivity (Wildman–Crippen MR) is 59.0 cm³/mol. The number of rotatable bonds is 3. The smallest absolute Gasteiger partial charge is 0.0732 e. The molecule has 2 aliphatic carbocycles. The first kappa shape index (κ1) is 10.2. The fraction of sp³-hybridized carbons (Fsp3) is 0.846. The molecule has 2 fully saturated rings. The van der Waals surface area contributed by atoms with Crippen molar-refractivity contribution in [3.63, 3.8) is 0 Å². The van der Waals surface area contributed by atoms with Gasteiger partial charge in [0.2, 0.25) is 0 Å². The van der Waals surface area contributed by atoms with Crippen LogP contribution in [0.4, 0.5) is 0 Å². The van der Waals surface area contributed by atoms with Crippen LogP contribution >= 0.6 is 0 Å². The van der Waals surface area contributed by atoms with Gasteiger partial charge >= 0.3 is 0 Å². The normalized spacial score (nSPS) is 44.2. The Kier molecular flexibility index (Phi) is 2.26. The standard InChI is InChI=1S/C13H22O/c1-4-5-8-13(14)11-7-6-10(9-11)12(13,2)3/h4,10-11,14H,1,5-9H2,2-3H3. The summed E-state index contributed by atoms with van der Waals surface area (Å²) in [6, 6.07) is 0. The average molecular weight is 194 g/mol. The van der Waals surface area contributed by atoms with Crippen LogP contribution in [0, 0.1) is 17.3 Å². The SMILES string of the molecule is C=CCCC1(O)C2CCC(C2)C1(C)C. The van der Waals surface area contributed by atoms with Crippen LogP contribution in [0.25, 0.3) is 0 Å². The summed E-state index contributed by atoms with van der Waals surface area (Å²) in [5.41, 5.74) is -0.289. The van der Waals surface area contributed by atoms with E-state index in [9.17, 15) is 5.11 Å². The summed E-state index contributed by atoms with van der Waals surface area (Å²) in [6.45, 7) is 8.25. The third kappa shape index (κ3) is 1.11. The summed E-state index contributed by atoms with van der Waals surface area (Å²) in [7, 11) is 0. The fourth-order valence-electron chi connectivity index (χ4n) is 3.80. The summed E-state index contributed by atoms with van der Waals surface area (Å²) >= 11 is 0. The molecule has 0 aromatic carbocycles. The summed E-state index contributed by atoms with van der Waals surface area (Å²) in [5.74, 6) is 1.31. The molecule has 0 saturated heterocycles. The van der Waals surface area contributed by atoms with E-state index in [1.165, 1.54) is 19.3 Å². The van der Waals surface area contributed by atoms with Crippen molar-refractivity contribution in [1.82, 2.24) is 0 Å². The van der Waals surface area contributed by atoms with Crippen LogP contribution in [0.1, 0.15) is 46.0 Å². The molecule has 1 N–H and O–H groups in total. The molecule has 80 valence electrons. The average Bonchev–Trinajstić information content (AvgIpc) is 2.67. The molecule has 0 aromatic heterocycles. The van der Waals surface area contributed by atoms with Crippen LogP contribution in [0.3, 0.4) is 0 Å². The summed E-state index contributed by atoms with van der Waals surface area (Å²) in [5, 5.41) is 10.8. The van der Waals surface area contributed by atoms with Gasteiger partial charge in [-0.3, -0.25) is 0 Å². The molecule has 0 amide bonds. The second-order valence-corrected chi connectivity index (χ2v) is 5.68.